The number of carbonyl (C=O) groups is 4. The van der Waals surface area contributed by atoms with Gasteiger partial charge in [-0.2, -0.15) is 0 Å². The van der Waals surface area contributed by atoms with Crippen molar-refractivity contribution in [3.05, 3.63) is 64.2 Å². The van der Waals surface area contributed by atoms with Crippen molar-refractivity contribution in [2.45, 2.75) is 20.8 Å². The number of ether oxygens (including phenoxy) is 1. The molecule has 132 valence electrons. The second kappa shape index (κ2) is 6.55. The number of rotatable bonds is 4. The van der Waals surface area contributed by atoms with E-state index in [4.69, 9.17) is 4.74 Å². The van der Waals surface area contributed by atoms with Gasteiger partial charge in [0.05, 0.1) is 22.4 Å². The Bertz CT molecular complexity index is 961. The summed E-state index contributed by atoms with van der Waals surface area (Å²) in [7, 11) is 0. The SMILES string of the molecule is CC(=O)COC(=O)c1ccc2c(c1)C(=O)N(c1cc(C)ccc1C)C2=O. The number of aryl methyl sites for hydroxylation is 2. The minimum absolute atomic E-state index is 0.119. The Morgan fingerprint density at radius 3 is 2.35 bits per heavy atom. The first-order valence-corrected chi connectivity index (χ1v) is 8.06. The molecule has 3 rings (SSSR count). The van der Waals surface area contributed by atoms with Gasteiger partial charge in [0.1, 0.15) is 6.61 Å². The van der Waals surface area contributed by atoms with Gasteiger partial charge in [0.25, 0.3) is 11.8 Å². The van der Waals surface area contributed by atoms with Gasteiger partial charge in [0, 0.05) is 0 Å². The molecule has 0 unspecified atom stereocenters. The van der Waals surface area contributed by atoms with Crippen LogP contribution >= 0.6 is 0 Å². The number of fused-ring (bicyclic) bond motifs is 1. The first-order valence-electron chi connectivity index (χ1n) is 8.06. The summed E-state index contributed by atoms with van der Waals surface area (Å²) in [5.41, 5.74) is 2.75. The number of amides is 2. The van der Waals surface area contributed by atoms with Crippen molar-refractivity contribution in [3.8, 4) is 0 Å². The summed E-state index contributed by atoms with van der Waals surface area (Å²) in [5.74, 6) is -1.91. The second-order valence-electron chi connectivity index (χ2n) is 6.27. The topological polar surface area (TPSA) is 80.8 Å². The molecule has 0 aromatic heterocycles. The first-order chi connectivity index (χ1) is 12.3. The molecule has 2 aromatic carbocycles. The first kappa shape index (κ1) is 17.5. The van der Waals surface area contributed by atoms with Crippen LogP contribution in [-0.4, -0.2) is 30.2 Å². The van der Waals surface area contributed by atoms with Gasteiger partial charge in [-0.3, -0.25) is 14.4 Å². The number of Topliss-reactive ketones (excluding diaryl/α,β-unsaturated/α-hetero) is 1. The van der Waals surface area contributed by atoms with Crippen LogP contribution < -0.4 is 4.90 Å². The number of ketones is 1. The monoisotopic (exact) mass is 351 g/mol. The Balaban J connectivity index is 1.97. The maximum Gasteiger partial charge on any atom is 0.338 e. The van der Waals surface area contributed by atoms with Crippen molar-refractivity contribution in [1.82, 2.24) is 0 Å². The van der Waals surface area contributed by atoms with E-state index in [0.717, 1.165) is 16.0 Å². The summed E-state index contributed by atoms with van der Waals surface area (Å²) < 4.78 is 4.86. The fourth-order valence-corrected chi connectivity index (χ4v) is 2.80. The van der Waals surface area contributed by atoms with E-state index in [1.54, 1.807) is 6.07 Å². The quantitative estimate of drug-likeness (QED) is 0.625. The van der Waals surface area contributed by atoms with Crippen LogP contribution in [0.3, 0.4) is 0 Å². The van der Waals surface area contributed by atoms with Gasteiger partial charge in [-0.1, -0.05) is 12.1 Å². The standard InChI is InChI=1S/C20H17NO5/c1-11-4-5-12(2)17(8-11)21-18(23)15-7-6-14(9-16(15)19(21)24)20(25)26-10-13(3)22/h4-9H,10H2,1-3H3. The summed E-state index contributed by atoms with van der Waals surface area (Å²) in [5, 5.41) is 0. The van der Waals surface area contributed by atoms with Crippen molar-refractivity contribution >= 4 is 29.3 Å². The Kier molecular flexibility index (Phi) is 4.42. The summed E-state index contributed by atoms with van der Waals surface area (Å²) in [6, 6.07) is 9.71. The molecular formula is C20H17NO5. The molecule has 1 aliphatic rings. The van der Waals surface area contributed by atoms with Gasteiger partial charge in [0.15, 0.2) is 5.78 Å². The molecule has 0 spiro atoms. The lowest BCUT2D eigenvalue weighted by Gasteiger charge is -2.17. The maximum absolute atomic E-state index is 12.8. The lowest BCUT2D eigenvalue weighted by molar-refractivity contribution is -0.120. The highest BCUT2D eigenvalue weighted by atomic mass is 16.5. The normalized spacial score (nSPS) is 13.0. The van der Waals surface area contributed by atoms with Crippen molar-refractivity contribution in [3.63, 3.8) is 0 Å². The molecule has 0 aliphatic carbocycles. The summed E-state index contributed by atoms with van der Waals surface area (Å²) >= 11 is 0. The zero-order valence-electron chi connectivity index (χ0n) is 14.7. The Hall–Kier alpha value is -3.28. The maximum atomic E-state index is 12.8. The lowest BCUT2D eigenvalue weighted by Crippen LogP contribution is -2.30. The summed E-state index contributed by atoms with van der Waals surface area (Å²) in [4.78, 5) is 49.6. The van der Waals surface area contributed by atoms with Crippen LogP contribution in [0.25, 0.3) is 0 Å². The van der Waals surface area contributed by atoms with Crippen LogP contribution in [0.4, 0.5) is 5.69 Å². The highest BCUT2D eigenvalue weighted by Crippen LogP contribution is 2.31. The molecule has 0 atom stereocenters. The third-order valence-corrected chi connectivity index (χ3v) is 4.13. The molecule has 2 amide bonds. The predicted octanol–water partition coefficient (Wildman–Crippen LogP) is 2.85. The van der Waals surface area contributed by atoms with E-state index in [2.05, 4.69) is 0 Å². The van der Waals surface area contributed by atoms with Crippen LogP contribution in [0.15, 0.2) is 36.4 Å². The molecule has 0 fully saturated rings. The zero-order chi connectivity index (χ0) is 19.0. The predicted molar refractivity (Wildman–Crippen MR) is 94.5 cm³/mol. The smallest absolute Gasteiger partial charge is 0.338 e. The number of hydrogen-bond acceptors (Lipinski definition) is 5. The van der Waals surface area contributed by atoms with E-state index in [-0.39, 0.29) is 29.1 Å². The lowest BCUT2D eigenvalue weighted by atomic mass is 10.1. The van der Waals surface area contributed by atoms with Crippen LogP contribution in [0.1, 0.15) is 49.1 Å². The van der Waals surface area contributed by atoms with Crippen molar-refractivity contribution in [2.24, 2.45) is 0 Å². The average Bonchev–Trinajstić information content (AvgIpc) is 2.85. The molecule has 0 bridgehead atoms. The molecule has 0 radical (unpaired) electrons. The summed E-state index contributed by atoms with van der Waals surface area (Å²) in [6.45, 7) is 4.67. The van der Waals surface area contributed by atoms with Crippen molar-refractivity contribution in [1.29, 1.82) is 0 Å². The molecule has 6 nitrogen and oxygen atoms in total. The molecule has 1 aliphatic heterocycles. The largest absolute Gasteiger partial charge is 0.454 e. The number of hydrogen-bond donors (Lipinski definition) is 0. The Morgan fingerprint density at radius 2 is 1.65 bits per heavy atom. The molecule has 6 heteroatoms. The second-order valence-corrected chi connectivity index (χ2v) is 6.27. The number of carbonyl (C=O) groups excluding carboxylic acids is 4. The number of esters is 1. The number of anilines is 1. The van der Waals surface area contributed by atoms with Crippen LogP contribution in [0.5, 0.6) is 0 Å². The fourth-order valence-electron chi connectivity index (χ4n) is 2.80. The number of benzene rings is 2. The van der Waals surface area contributed by atoms with Gasteiger partial charge in [-0.05, 0) is 56.2 Å². The zero-order valence-corrected chi connectivity index (χ0v) is 14.7. The van der Waals surface area contributed by atoms with Gasteiger partial charge < -0.3 is 4.74 Å². The van der Waals surface area contributed by atoms with E-state index in [1.165, 1.54) is 25.1 Å². The molecule has 0 saturated heterocycles. The highest BCUT2D eigenvalue weighted by Gasteiger charge is 2.37. The fraction of sp³-hybridized carbons (Fsp3) is 0.200. The van der Waals surface area contributed by atoms with Gasteiger partial charge in [-0.15, -0.1) is 0 Å². The van der Waals surface area contributed by atoms with Crippen LogP contribution in [0.2, 0.25) is 0 Å². The average molecular weight is 351 g/mol. The van der Waals surface area contributed by atoms with Crippen molar-refractivity contribution in [2.75, 3.05) is 11.5 Å². The minimum Gasteiger partial charge on any atom is -0.454 e. The molecule has 0 saturated carbocycles. The Morgan fingerprint density at radius 1 is 0.962 bits per heavy atom. The molecule has 2 aromatic rings. The third kappa shape index (κ3) is 3.01. The van der Waals surface area contributed by atoms with E-state index in [1.807, 2.05) is 26.0 Å². The van der Waals surface area contributed by atoms with Crippen LogP contribution in [0, 0.1) is 13.8 Å². The minimum atomic E-state index is -0.714. The van der Waals surface area contributed by atoms with Crippen LogP contribution in [-0.2, 0) is 9.53 Å². The van der Waals surface area contributed by atoms with Crippen molar-refractivity contribution < 1.29 is 23.9 Å². The molecule has 0 N–H and O–H groups in total. The molecule has 1 heterocycles. The van der Waals surface area contributed by atoms with E-state index >= 15 is 0 Å². The van der Waals surface area contributed by atoms with Gasteiger partial charge in [-0.25, -0.2) is 9.69 Å². The molecule has 26 heavy (non-hydrogen) atoms. The molecular weight excluding hydrogens is 334 g/mol. The van der Waals surface area contributed by atoms with Gasteiger partial charge in [0.2, 0.25) is 0 Å². The van der Waals surface area contributed by atoms with E-state index in [0.29, 0.717) is 5.69 Å². The number of nitrogens with zero attached hydrogens (tertiary/aromatic N) is 1. The Labute approximate surface area is 150 Å². The van der Waals surface area contributed by atoms with E-state index in [9.17, 15) is 19.2 Å². The highest BCUT2D eigenvalue weighted by molar-refractivity contribution is 6.35. The number of imide groups is 1. The van der Waals surface area contributed by atoms with Gasteiger partial charge >= 0.3 is 5.97 Å². The summed E-state index contributed by atoms with van der Waals surface area (Å²) in [6.07, 6.45) is 0. The van der Waals surface area contributed by atoms with E-state index < -0.39 is 17.8 Å². The third-order valence-electron chi connectivity index (χ3n) is 4.13.